The van der Waals surface area contributed by atoms with Crippen LogP contribution in [0.2, 0.25) is 0 Å². The highest BCUT2D eigenvalue weighted by atomic mass is 32.1. The lowest BCUT2D eigenvalue weighted by molar-refractivity contribution is -0.147. The van der Waals surface area contributed by atoms with Gasteiger partial charge in [0.15, 0.2) is 5.11 Å². The second-order valence-electron chi connectivity index (χ2n) is 3.88. The van der Waals surface area contributed by atoms with Crippen LogP contribution in [-0.4, -0.2) is 36.0 Å². The Bertz CT molecular complexity index is 385. The van der Waals surface area contributed by atoms with Crippen LogP contribution in [0, 0.1) is 5.92 Å². The van der Waals surface area contributed by atoms with Gasteiger partial charge in [-0.2, -0.15) is 5.10 Å². The van der Waals surface area contributed by atoms with Crippen LogP contribution < -0.4 is 11.2 Å². The minimum absolute atomic E-state index is 0.00245. The van der Waals surface area contributed by atoms with Gasteiger partial charge in [-0.1, -0.05) is 0 Å². The molecule has 7 nitrogen and oxygen atoms in total. The standard InChI is InChI=1S/C12H21N3O4S/c1-4-18-10(16)7-6-9(11(17)19-5-2)8(3)14-15-12(13)20/h9H,4-7H2,1-3H3,(H3,13,15,20)/b14-8-. The van der Waals surface area contributed by atoms with E-state index in [-0.39, 0.29) is 30.5 Å². The van der Waals surface area contributed by atoms with Crippen molar-refractivity contribution in [3.05, 3.63) is 0 Å². The average molecular weight is 303 g/mol. The summed E-state index contributed by atoms with van der Waals surface area (Å²) in [4.78, 5) is 23.2. The van der Waals surface area contributed by atoms with E-state index in [4.69, 9.17) is 15.2 Å². The van der Waals surface area contributed by atoms with Crippen molar-refractivity contribution in [1.82, 2.24) is 5.43 Å². The van der Waals surface area contributed by atoms with Crippen LogP contribution in [0.25, 0.3) is 0 Å². The summed E-state index contributed by atoms with van der Waals surface area (Å²) in [7, 11) is 0. The largest absolute Gasteiger partial charge is 0.466 e. The molecule has 8 heteroatoms. The topological polar surface area (TPSA) is 103 Å². The highest BCUT2D eigenvalue weighted by Crippen LogP contribution is 2.12. The first-order chi connectivity index (χ1) is 9.42. The van der Waals surface area contributed by atoms with Gasteiger partial charge in [0.25, 0.3) is 0 Å². The summed E-state index contributed by atoms with van der Waals surface area (Å²) in [5, 5.41) is 3.90. The molecular weight excluding hydrogens is 282 g/mol. The van der Waals surface area contributed by atoms with E-state index in [1.807, 2.05) is 0 Å². The molecule has 1 unspecified atom stereocenters. The predicted molar refractivity (Wildman–Crippen MR) is 79.0 cm³/mol. The van der Waals surface area contributed by atoms with E-state index in [9.17, 15) is 9.59 Å². The van der Waals surface area contributed by atoms with Crippen LogP contribution in [0.4, 0.5) is 0 Å². The molecule has 0 aromatic rings. The van der Waals surface area contributed by atoms with Crippen LogP contribution >= 0.6 is 12.2 Å². The number of carbonyl (C=O) groups is 2. The van der Waals surface area contributed by atoms with Crippen molar-refractivity contribution in [2.45, 2.75) is 33.6 Å². The van der Waals surface area contributed by atoms with Gasteiger partial charge in [-0.05, 0) is 39.4 Å². The Morgan fingerprint density at radius 2 is 1.90 bits per heavy atom. The summed E-state index contributed by atoms with van der Waals surface area (Å²) in [6.07, 6.45) is 0.364. The van der Waals surface area contributed by atoms with E-state index in [1.165, 1.54) is 0 Å². The molecule has 20 heavy (non-hydrogen) atoms. The molecule has 0 amide bonds. The fourth-order valence-electron chi connectivity index (χ4n) is 1.46. The van der Waals surface area contributed by atoms with Crippen molar-refractivity contribution < 1.29 is 19.1 Å². The van der Waals surface area contributed by atoms with Gasteiger partial charge < -0.3 is 15.2 Å². The zero-order valence-corrected chi connectivity index (χ0v) is 12.8. The second-order valence-corrected chi connectivity index (χ2v) is 4.32. The van der Waals surface area contributed by atoms with Crippen molar-refractivity contribution in [2.24, 2.45) is 16.8 Å². The first-order valence-electron chi connectivity index (χ1n) is 6.34. The molecule has 0 rings (SSSR count). The van der Waals surface area contributed by atoms with Crippen LogP contribution in [0.5, 0.6) is 0 Å². The van der Waals surface area contributed by atoms with Crippen molar-refractivity contribution in [1.29, 1.82) is 0 Å². The van der Waals surface area contributed by atoms with Gasteiger partial charge in [0.2, 0.25) is 0 Å². The van der Waals surface area contributed by atoms with Crippen LogP contribution in [-0.2, 0) is 19.1 Å². The molecule has 0 aliphatic heterocycles. The van der Waals surface area contributed by atoms with E-state index in [0.29, 0.717) is 12.3 Å². The molecular formula is C12H21N3O4S. The molecule has 0 aromatic carbocycles. The van der Waals surface area contributed by atoms with E-state index in [0.717, 1.165) is 0 Å². The fourth-order valence-corrected chi connectivity index (χ4v) is 1.50. The zero-order chi connectivity index (χ0) is 15.5. The van der Waals surface area contributed by atoms with Gasteiger partial charge in [-0.3, -0.25) is 15.0 Å². The third-order valence-corrected chi connectivity index (χ3v) is 2.45. The average Bonchev–Trinajstić information content (AvgIpc) is 2.37. The molecule has 1 atom stereocenters. The summed E-state index contributed by atoms with van der Waals surface area (Å²) in [6.45, 7) is 5.63. The van der Waals surface area contributed by atoms with E-state index >= 15 is 0 Å². The Hall–Kier alpha value is -1.70. The third kappa shape index (κ3) is 7.67. The quantitative estimate of drug-likeness (QED) is 0.295. The summed E-state index contributed by atoms with van der Waals surface area (Å²) < 4.78 is 9.78. The normalized spacial score (nSPS) is 12.4. The molecule has 0 aliphatic rings. The number of esters is 2. The molecule has 0 spiro atoms. The number of hydrogen-bond acceptors (Lipinski definition) is 6. The molecule has 0 heterocycles. The molecule has 0 fully saturated rings. The lowest BCUT2D eigenvalue weighted by Gasteiger charge is -2.15. The van der Waals surface area contributed by atoms with Gasteiger partial charge in [0.05, 0.1) is 19.1 Å². The minimum atomic E-state index is -0.638. The predicted octanol–water partition coefficient (Wildman–Crippen LogP) is 0.718. The number of nitrogens with two attached hydrogens (primary N) is 1. The number of thiocarbonyl (C=S) groups is 1. The summed E-state index contributed by atoms with van der Waals surface area (Å²) in [5.74, 6) is -1.44. The highest BCUT2D eigenvalue weighted by Gasteiger charge is 2.24. The number of ether oxygens (including phenoxy) is 2. The zero-order valence-electron chi connectivity index (χ0n) is 12.0. The van der Waals surface area contributed by atoms with Crippen LogP contribution in [0.1, 0.15) is 33.6 Å². The lowest BCUT2D eigenvalue weighted by atomic mass is 9.98. The summed E-state index contributed by atoms with van der Waals surface area (Å²) in [6, 6.07) is 0. The molecule has 0 saturated carbocycles. The van der Waals surface area contributed by atoms with Crippen LogP contribution in [0.3, 0.4) is 0 Å². The Morgan fingerprint density at radius 3 is 2.40 bits per heavy atom. The molecule has 3 N–H and O–H groups in total. The van der Waals surface area contributed by atoms with Crippen molar-refractivity contribution in [3.63, 3.8) is 0 Å². The smallest absolute Gasteiger partial charge is 0.314 e. The number of nitrogens with zero attached hydrogens (tertiary/aromatic N) is 1. The monoisotopic (exact) mass is 303 g/mol. The highest BCUT2D eigenvalue weighted by molar-refractivity contribution is 7.80. The maximum absolute atomic E-state index is 11.9. The van der Waals surface area contributed by atoms with Gasteiger partial charge in [0.1, 0.15) is 0 Å². The fraction of sp³-hybridized carbons (Fsp3) is 0.667. The molecule has 0 saturated heterocycles. The van der Waals surface area contributed by atoms with E-state index < -0.39 is 11.9 Å². The molecule has 0 radical (unpaired) electrons. The number of carbonyl (C=O) groups excluding carboxylic acids is 2. The first-order valence-corrected chi connectivity index (χ1v) is 6.75. The van der Waals surface area contributed by atoms with Gasteiger partial charge in [-0.15, -0.1) is 0 Å². The van der Waals surface area contributed by atoms with Crippen molar-refractivity contribution in [3.8, 4) is 0 Å². The van der Waals surface area contributed by atoms with E-state index in [2.05, 4.69) is 22.7 Å². The van der Waals surface area contributed by atoms with Crippen LogP contribution in [0.15, 0.2) is 5.10 Å². The van der Waals surface area contributed by atoms with Gasteiger partial charge in [0, 0.05) is 12.1 Å². The van der Waals surface area contributed by atoms with Crippen molar-refractivity contribution in [2.75, 3.05) is 13.2 Å². The maximum Gasteiger partial charge on any atom is 0.314 e. The third-order valence-electron chi connectivity index (χ3n) is 2.36. The number of nitrogens with one attached hydrogen (secondary N) is 1. The SMILES string of the molecule is CCOC(=O)CCC(C(=O)OCC)/C(C)=N\NC(N)=S. The second kappa shape index (κ2) is 10.1. The molecule has 0 aliphatic carbocycles. The number of hydrogen-bond donors (Lipinski definition) is 2. The van der Waals surface area contributed by atoms with Gasteiger partial charge in [-0.25, -0.2) is 0 Å². The van der Waals surface area contributed by atoms with Gasteiger partial charge >= 0.3 is 11.9 Å². The summed E-state index contributed by atoms with van der Waals surface area (Å²) in [5.41, 5.74) is 8.11. The lowest BCUT2D eigenvalue weighted by Crippen LogP contribution is -2.30. The van der Waals surface area contributed by atoms with Crippen molar-refractivity contribution >= 4 is 35.0 Å². The Labute approximate surface area is 123 Å². The Balaban J connectivity index is 4.71. The molecule has 114 valence electrons. The maximum atomic E-state index is 11.9. The number of rotatable bonds is 8. The Morgan fingerprint density at radius 1 is 1.30 bits per heavy atom. The molecule has 0 bridgehead atoms. The van der Waals surface area contributed by atoms with E-state index in [1.54, 1.807) is 20.8 Å². The Kier molecular flexibility index (Phi) is 9.27. The first kappa shape index (κ1) is 18.3. The number of hydrazone groups is 1. The summed E-state index contributed by atoms with van der Waals surface area (Å²) >= 11 is 4.63. The minimum Gasteiger partial charge on any atom is -0.466 e. The molecule has 0 aromatic heterocycles.